The molecule has 15 heavy (non-hydrogen) atoms. The number of rotatable bonds is 3. The quantitative estimate of drug-likeness (QED) is 0.406. The van der Waals surface area contributed by atoms with Gasteiger partial charge in [-0.05, 0) is 17.7 Å². The number of nitrogens with two attached hydrogens (primary N) is 1. The average Bonchev–Trinajstić information content (AvgIpc) is 2.14. The van der Waals surface area contributed by atoms with Crippen molar-refractivity contribution < 1.29 is 23.0 Å². The van der Waals surface area contributed by atoms with Crippen molar-refractivity contribution in [1.29, 1.82) is 0 Å². The summed E-state index contributed by atoms with van der Waals surface area (Å²) in [6.45, 7) is 0. The van der Waals surface area contributed by atoms with E-state index in [1.807, 2.05) is 5.43 Å². The summed E-state index contributed by atoms with van der Waals surface area (Å²) in [4.78, 5) is 0. The Labute approximate surface area is 83.4 Å². The molecule has 0 saturated carbocycles. The summed E-state index contributed by atoms with van der Waals surface area (Å²) in [5.74, 6) is 4.51. The molecule has 0 bridgehead atoms. The topological polar surface area (TPSA) is 67.5 Å². The number of aliphatic hydroxyl groups excluding tert-OH is 1. The second kappa shape index (κ2) is 4.47. The van der Waals surface area contributed by atoms with Gasteiger partial charge in [-0.3, -0.25) is 5.84 Å². The summed E-state index contributed by atoms with van der Waals surface area (Å²) in [6, 6.07) is 4.89. The van der Waals surface area contributed by atoms with Crippen molar-refractivity contribution in [2.45, 2.75) is 12.6 Å². The molecule has 0 aliphatic heterocycles. The Morgan fingerprint density at radius 2 is 2.07 bits per heavy atom. The number of alkyl halides is 3. The standard InChI is InChI=1S/C8H9F3N2O2/c9-8(10,11)15-6-3-1-2-5(4-6)7(14)13-12/h1-4,7,13-14H,12H2. The molecule has 84 valence electrons. The zero-order valence-corrected chi connectivity index (χ0v) is 7.45. The van der Waals surface area contributed by atoms with Gasteiger partial charge in [0.2, 0.25) is 0 Å². The Morgan fingerprint density at radius 1 is 1.40 bits per heavy atom. The summed E-state index contributed by atoms with van der Waals surface area (Å²) in [7, 11) is 0. The Bertz CT molecular complexity index is 330. The van der Waals surface area contributed by atoms with Gasteiger partial charge in [-0.25, -0.2) is 5.43 Å². The molecule has 0 amide bonds. The van der Waals surface area contributed by atoms with Gasteiger partial charge < -0.3 is 9.84 Å². The van der Waals surface area contributed by atoms with Crippen molar-refractivity contribution >= 4 is 0 Å². The molecule has 1 unspecified atom stereocenters. The molecule has 1 atom stereocenters. The van der Waals surface area contributed by atoms with Gasteiger partial charge >= 0.3 is 6.36 Å². The van der Waals surface area contributed by atoms with Crippen LogP contribution in [0.4, 0.5) is 13.2 Å². The van der Waals surface area contributed by atoms with Gasteiger partial charge in [0.25, 0.3) is 0 Å². The Morgan fingerprint density at radius 3 is 2.60 bits per heavy atom. The fraction of sp³-hybridized carbons (Fsp3) is 0.250. The van der Waals surface area contributed by atoms with Crippen LogP contribution >= 0.6 is 0 Å². The van der Waals surface area contributed by atoms with Gasteiger partial charge in [0.1, 0.15) is 12.0 Å². The van der Waals surface area contributed by atoms with Crippen molar-refractivity contribution in [3.8, 4) is 5.75 Å². The molecule has 7 heteroatoms. The Balaban J connectivity index is 2.83. The van der Waals surface area contributed by atoms with E-state index in [4.69, 9.17) is 5.84 Å². The van der Waals surface area contributed by atoms with Crippen LogP contribution < -0.4 is 16.0 Å². The Hall–Kier alpha value is -1.31. The number of aliphatic hydroxyl groups is 1. The molecular weight excluding hydrogens is 213 g/mol. The van der Waals surface area contributed by atoms with E-state index in [9.17, 15) is 18.3 Å². The molecule has 0 radical (unpaired) electrons. The van der Waals surface area contributed by atoms with Crippen LogP contribution in [0.5, 0.6) is 5.75 Å². The van der Waals surface area contributed by atoms with Crippen LogP contribution in [0.1, 0.15) is 11.8 Å². The summed E-state index contributed by atoms with van der Waals surface area (Å²) in [5, 5.41) is 9.18. The van der Waals surface area contributed by atoms with Crippen LogP contribution in [0.15, 0.2) is 24.3 Å². The number of ether oxygens (including phenoxy) is 1. The highest BCUT2D eigenvalue weighted by atomic mass is 19.4. The summed E-state index contributed by atoms with van der Waals surface area (Å²) in [5.41, 5.74) is 2.17. The van der Waals surface area contributed by atoms with E-state index in [1.165, 1.54) is 12.1 Å². The maximum atomic E-state index is 11.8. The highest BCUT2D eigenvalue weighted by molar-refractivity contribution is 5.29. The highest BCUT2D eigenvalue weighted by Gasteiger charge is 2.31. The van der Waals surface area contributed by atoms with E-state index in [2.05, 4.69) is 4.74 Å². The molecule has 1 aromatic rings. The maximum absolute atomic E-state index is 11.8. The van der Waals surface area contributed by atoms with Gasteiger partial charge in [-0.1, -0.05) is 12.1 Å². The molecule has 0 fully saturated rings. The summed E-state index contributed by atoms with van der Waals surface area (Å²) < 4.78 is 39.2. The molecule has 1 aromatic carbocycles. The van der Waals surface area contributed by atoms with E-state index >= 15 is 0 Å². The first kappa shape index (κ1) is 11.8. The third kappa shape index (κ3) is 3.74. The second-order valence-electron chi connectivity index (χ2n) is 2.69. The third-order valence-corrected chi connectivity index (χ3v) is 1.57. The zero-order valence-electron chi connectivity index (χ0n) is 7.45. The first-order valence-corrected chi connectivity index (χ1v) is 3.92. The number of hydrazine groups is 1. The smallest absolute Gasteiger partial charge is 0.406 e. The molecule has 0 aliphatic carbocycles. The lowest BCUT2D eigenvalue weighted by Crippen LogP contribution is -2.27. The van der Waals surface area contributed by atoms with Crippen molar-refractivity contribution in [2.24, 2.45) is 5.84 Å². The number of halogens is 3. The molecule has 0 heterocycles. The molecule has 0 spiro atoms. The van der Waals surface area contributed by atoms with Crippen molar-refractivity contribution in [1.82, 2.24) is 5.43 Å². The zero-order chi connectivity index (χ0) is 11.5. The number of nitrogens with one attached hydrogen (secondary N) is 1. The van der Waals surface area contributed by atoms with Crippen LogP contribution in [0.25, 0.3) is 0 Å². The first-order valence-electron chi connectivity index (χ1n) is 3.92. The predicted octanol–water partition coefficient (Wildman–Crippen LogP) is 1.04. The van der Waals surface area contributed by atoms with Crippen LogP contribution in [-0.2, 0) is 0 Å². The van der Waals surface area contributed by atoms with E-state index < -0.39 is 18.3 Å². The molecular formula is C8H9F3N2O2. The number of hydrogen-bond donors (Lipinski definition) is 3. The third-order valence-electron chi connectivity index (χ3n) is 1.57. The van der Waals surface area contributed by atoms with Crippen molar-refractivity contribution in [3.05, 3.63) is 29.8 Å². The molecule has 1 rings (SSSR count). The SMILES string of the molecule is NNC(O)c1cccc(OC(F)(F)F)c1. The van der Waals surface area contributed by atoms with Gasteiger partial charge in [-0.2, -0.15) is 0 Å². The number of hydrogen-bond acceptors (Lipinski definition) is 4. The van der Waals surface area contributed by atoms with E-state index in [1.54, 1.807) is 0 Å². The van der Waals surface area contributed by atoms with Crippen LogP contribution in [-0.4, -0.2) is 11.5 Å². The fourth-order valence-electron chi connectivity index (χ4n) is 0.978. The molecule has 0 aliphatic rings. The lowest BCUT2D eigenvalue weighted by atomic mass is 10.2. The maximum Gasteiger partial charge on any atom is 0.573 e. The monoisotopic (exact) mass is 222 g/mol. The van der Waals surface area contributed by atoms with Gasteiger partial charge in [0, 0.05) is 0 Å². The molecule has 0 aromatic heterocycles. The largest absolute Gasteiger partial charge is 0.573 e. The van der Waals surface area contributed by atoms with Crippen molar-refractivity contribution in [3.63, 3.8) is 0 Å². The predicted molar refractivity (Wildman–Crippen MR) is 45.4 cm³/mol. The lowest BCUT2D eigenvalue weighted by molar-refractivity contribution is -0.274. The Kier molecular flexibility index (Phi) is 3.51. The van der Waals surface area contributed by atoms with E-state index in [0.29, 0.717) is 0 Å². The summed E-state index contributed by atoms with van der Waals surface area (Å²) in [6.07, 6.45) is -5.98. The molecule has 0 saturated heterocycles. The van der Waals surface area contributed by atoms with Gasteiger partial charge in [0.15, 0.2) is 0 Å². The summed E-state index contributed by atoms with van der Waals surface area (Å²) >= 11 is 0. The van der Waals surface area contributed by atoms with Crippen LogP contribution in [0.2, 0.25) is 0 Å². The van der Waals surface area contributed by atoms with Crippen LogP contribution in [0.3, 0.4) is 0 Å². The molecule has 4 nitrogen and oxygen atoms in total. The normalized spacial score (nSPS) is 13.7. The minimum absolute atomic E-state index is 0.180. The first-order chi connectivity index (χ1) is 6.92. The van der Waals surface area contributed by atoms with E-state index in [-0.39, 0.29) is 5.56 Å². The highest BCUT2D eigenvalue weighted by Crippen LogP contribution is 2.24. The fourth-order valence-corrected chi connectivity index (χ4v) is 0.978. The molecule has 4 N–H and O–H groups in total. The minimum Gasteiger partial charge on any atom is -0.406 e. The lowest BCUT2D eigenvalue weighted by Gasteiger charge is -2.12. The van der Waals surface area contributed by atoms with Gasteiger partial charge in [-0.15, -0.1) is 13.2 Å². The minimum atomic E-state index is -4.75. The van der Waals surface area contributed by atoms with Crippen LogP contribution in [0, 0.1) is 0 Å². The average molecular weight is 222 g/mol. The number of benzene rings is 1. The van der Waals surface area contributed by atoms with E-state index in [0.717, 1.165) is 12.1 Å². The second-order valence-corrected chi connectivity index (χ2v) is 2.69. The van der Waals surface area contributed by atoms with Gasteiger partial charge in [0.05, 0.1) is 0 Å². The van der Waals surface area contributed by atoms with Crippen molar-refractivity contribution in [2.75, 3.05) is 0 Å².